The van der Waals surface area contributed by atoms with Gasteiger partial charge in [0.15, 0.2) is 0 Å². The minimum absolute atomic E-state index is 0.404. The van der Waals surface area contributed by atoms with E-state index in [1.807, 2.05) is 0 Å². The molecular formula is C14H21NO2. The Balaban J connectivity index is 2.08. The summed E-state index contributed by atoms with van der Waals surface area (Å²) in [6.45, 7) is 5.41. The number of aryl methyl sites for hydroxylation is 2. The number of nitrogens with two attached hydrogens (primary N) is 1. The zero-order valence-electron chi connectivity index (χ0n) is 10.7. The molecular weight excluding hydrogens is 214 g/mol. The second-order valence-electron chi connectivity index (χ2n) is 4.96. The van der Waals surface area contributed by atoms with Crippen LogP contribution in [0.5, 0.6) is 5.75 Å². The van der Waals surface area contributed by atoms with E-state index < -0.39 is 0 Å². The van der Waals surface area contributed by atoms with Gasteiger partial charge in [0.2, 0.25) is 0 Å². The molecule has 3 heteroatoms. The Morgan fingerprint density at radius 3 is 2.53 bits per heavy atom. The number of hydrogen-bond donors (Lipinski definition) is 1. The standard InChI is InChI=1S/C14H21NO2/c1-10-6-13(9-17-15)14(7-11(10)2)16-8-12-4-3-5-12/h6-7,12H,3-5,8-9,15H2,1-2H3. The summed E-state index contributed by atoms with van der Waals surface area (Å²) < 4.78 is 5.89. The van der Waals surface area contributed by atoms with Gasteiger partial charge in [-0.15, -0.1) is 0 Å². The minimum Gasteiger partial charge on any atom is -0.493 e. The molecule has 2 rings (SSSR count). The highest BCUT2D eigenvalue weighted by Crippen LogP contribution is 2.29. The van der Waals surface area contributed by atoms with Crippen LogP contribution in [0, 0.1) is 19.8 Å². The number of benzene rings is 1. The van der Waals surface area contributed by atoms with E-state index >= 15 is 0 Å². The van der Waals surface area contributed by atoms with E-state index in [2.05, 4.69) is 26.0 Å². The monoisotopic (exact) mass is 235 g/mol. The summed E-state index contributed by atoms with van der Waals surface area (Å²) in [5.74, 6) is 6.82. The molecule has 1 aliphatic rings. The van der Waals surface area contributed by atoms with Crippen LogP contribution >= 0.6 is 0 Å². The average Bonchev–Trinajstić information content (AvgIpc) is 2.23. The first-order valence-corrected chi connectivity index (χ1v) is 6.25. The van der Waals surface area contributed by atoms with Gasteiger partial charge in [-0.3, -0.25) is 4.84 Å². The normalized spacial score (nSPS) is 15.7. The average molecular weight is 235 g/mol. The molecule has 1 saturated carbocycles. The zero-order valence-corrected chi connectivity index (χ0v) is 10.7. The van der Waals surface area contributed by atoms with Crippen molar-refractivity contribution in [1.29, 1.82) is 0 Å². The van der Waals surface area contributed by atoms with Crippen LogP contribution in [0.15, 0.2) is 12.1 Å². The molecule has 1 aromatic carbocycles. The van der Waals surface area contributed by atoms with E-state index in [-0.39, 0.29) is 0 Å². The summed E-state index contributed by atoms with van der Waals surface area (Å²) in [6, 6.07) is 4.18. The molecule has 1 fully saturated rings. The third-order valence-corrected chi connectivity index (χ3v) is 3.61. The maximum Gasteiger partial charge on any atom is 0.125 e. The van der Waals surface area contributed by atoms with Gasteiger partial charge in [0.25, 0.3) is 0 Å². The molecule has 0 aromatic heterocycles. The van der Waals surface area contributed by atoms with Crippen molar-refractivity contribution in [3.8, 4) is 5.75 Å². The fraction of sp³-hybridized carbons (Fsp3) is 0.571. The number of rotatable bonds is 5. The van der Waals surface area contributed by atoms with Gasteiger partial charge in [-0.05, 0) is 55.9 Å². The van der Waals surface area contributed by atoms with Crippen molar-refractivity contribution in [2.45, 2.75) is 39.7 Å². The summed E-state index contributed by atoms with van der Waals surface area (Å²) in [5.41, 5.74) is 3.53. The predicted octanol–water partition coefficient (Wildman–Crippen LogP) is 2.87. The molecule has 1 aliphatic carbocycles. The summed E-state index contributed by atoms with van der Waals surface area (Å²) in [7, 11) is 0. The third kappa shape index (κ3) is 2.99. The summed E-state index contributed by atoms with van der Waals surface area (Å²) in [5, 5.41) is 0. The number of hydrogen-bond acceptors (Lipinski definition) is 3. The topological polar surface area (TPSA) is 44.5 Å². The van der Waals surface area contributed by atoms with Crippen LogP contribution in [-0.4, -0.2) is 6.61 Å². The van der Waals surface area contributed by atoms with Crippen LogP contribution in [0.3, 0.4) is 0 Å². The number of ether oxygens (including phenoxy) is 1. The molecule has 0 spiro atoms. The van der Waals surface area contributed by atoms with Crippen molar-refractivity contribution in [3.05, 3.63) is 28.8 Å². The molecule has 0 unspecified atom stereocenters. The third-order valence-electron chi connectivity index (χ3n) is 3.61. The maximum atomic E-state index is 5.89. The molecule has 94 valence electrons. The SMILES string of the molecule is Cc1cc(CON)c(OCC2CCC2)cc1C. The molecule has 0 saturated heterocycles. The second kappa shape index (κ2) is 5.52. The molecule has 2 N–H and O–H groups in total. The molecule has 3 nitrogen and oxygen atoms in total. The Bertz CT molecular complexity index is 386. The summed E-state index contributed by atoms with van der Waals surface area (Å²) in [4.78, 5) is 4.73. The Kier molecular flexibility index (Phi) is 4.02. The lowest BCUT2D eigenvalue weighted by atomic mass is 9.86. The zero-order chi connectivity index (χ0) is 12.3. The quantitative estimate of drug-likeness (QED) is 0.798. The van der Waals surface area contributed by atoms with Crippen LogP contribution in [-0.2, 0) is 11.4 Å². The predicted molar refractivity (Wildman–Crippen MR) is 67.7 cm³/mol. The van der Waals surface area contributed by atoms with Gasteiger partial charge in [0.1, 0.15) is 5.75 Å². The van der Waals surface area contributed by atoms with Crippen LogP contribution in [0.4, 0.5) is 0 Å². The highest BCUT2D eigenvalue weighted by Gasteiger charge is 2.18. The van der Waals surface area contributed by atoms with Gasteiger partial charge >= 0.3 is 0 Å². The van der Waals surface area contributed by atoms with Crippen LogP contribution in [0.25, 0.3) is 0 Å². The lowest BCUT2D eigenvalue weighted by molar-refractivity contribution is 0.118. The lowest BCUT2D eigenvalue weighted by Crippen LogP contribution is -2.20. The first-order chi connectivity index (χ1) is 8.20. The Morgan fingerprint density at radius 2 is 1.94 bits per heavy atom. The van der Waals surface area contributed by atoms with E-state index in [1.165, 1.54) is 30.4 Å². The molecule has 0 aliphatic heterocycles. The molecule has 0 amide bonds. The Labute approximate surface area is 103 Å². The first-order valence-electron chi connectivity index (χ1n) is 6.25. The van der Waals surface area contributed by atoms with Gasteiger partial charge in [-0.2, -0.15) is 0 Å². The van der Waals surface area contributed by atoms with E-state index in [9.17, 15) is 0 Å². The van der Waals surface area contributed by atoms with Crippen LogP contribution in [0.1, 0.15) is 36.0 Å². The minimum atomic E-state index is 0.404. The van der Waals surface area contributed by atoms with Gasteiger partial charge in [0, 0.05) is 5.56 Å². The van der Waals surface area contributed by atoms with Crippen LogP contribution in [0.2, 0.25) is 0 Å². The van der Waals surface area contributed by atoms with E-state index in [1.54, 1.807) is 0 Å². The fourth-order valence-electron chi connectivity index (χ4n) is 2.05. The molecule has 0 atom stereocenters. The smallest absolute Gasteiger partial charge is 0.125 e. The Hall–Kier alpha value is -1.06. The second-order valence-corrected chi connectivity index (χ2v) is 4.96. The maximum absolute atomic E-state index is 5.89. The molecule has 0 radical (unpaired) electrons. The van der Waals surface area contributed by atoms with Crippen LogP contribution < -0.4 is 10.6 Å². The first kappa shape index (κ1) is 12.4. The lowest BCUT2D eigenvalue weighted by Gasteiger charge is -2.26. The Morgan fingerprint density at radius 1 is 1.24 bits per heavy atom. The van der Waals surface area contributed by atoms with Crippen molar-refractivity contribution >= 4 is 0 Å². The van der Waals surface area contributed by atoms with Crippen molar-refractivity contribution in [2.75, 3.05) is 6.61 Å². The van der Waals surface area contributed by atoms with Crippen molar-refractivity contribution < 1.29 is 9.57 Å². The van der Waals surface area contributed by atoms with Crippen molar-refractivity contribution in [3.63, 3.8) is 0 Å². The highest BCUT2D eigenvalue weighted by atomic mass is 16.6. The van der Waals surface area contributed by atoms with E-state index in [0.29, 0.717) is 6.61 Å². The molecule has 0 bridgehead atoms. The van der Waals surface area contributed by atoms with Gasteiger partial charge in [-0.1, -0.05) is 6.42 Å². The summed E-state index contributed by atoms with van der Waals surface area (Å²) in [6.07, 6.45) is 3.95. The van der Waals surface area contributed by atoms with E-state index in [0.717, 1.165) is 23.8 Å². The fourth-order valence-corrected chi connectivity index (χ4v) is 2.05. The van der Waals surface area contributed by atoms with E-state index in [4.69, 9.17) is 15.5 Å². The van der Waals surface area contributed by atoms with Crippen molar-refractivity contribution in [1.82, 2.24) is 0 Å². The highest BCUT2D eigenvalue weighted by molar-refractivity contribution is 5.41. The molecule has 0 heterocycles. The van der Waals surface area contributed by atoms with Gasteiger partial charge < -0.3 is 4.74 Å². The molecule has 17 heavy (non-hydrogen) atoms. The largest absolute Gasteiger partial charge is 0.493 e. The summed E-state index contributed by atoms with van der Waals surface area (Å²) >= 11 is 0. The van der Waals surface area contributed by atoms with Gasteiger partial charge in [0.05, 0.1) is 13.2 Å². The molecule has 1 aromatic rings. The van der Waals surface area contributed by atoms with Gasteiger partial charge in [-0.25, -0.2) is 5.90 Å². The van der Waals surface area contributed by atoms with Crippen molar-refractivity contribution in [2.24, 2.45) is 11.8 Å².